The second-order valence-electron chi connectivity index (χ2n) is 6.41. The standard InChI is InChI=1S/C14H20F6O4/c1-7-10(3,4)9(22)24-11(5,6)12(13(15,16)17,14(18,19)20)23-8(2)21/h7H2,1-6H3. The average molecular weight is 366 g/mol. The first-order valence-corrected chi connectivity index (χ1v) is 6.92. The topological polar surface area (TPSA) is 52.6 Å². The fraction of sp³-hybridized carbons (Fsp3) is 0.857. The molecule has 10 heteroatoms. The van der Waals surface area contributed by atoms with Crippen LogP contribution >= 0.6 is 0 Å². The normalized spacial score (nSPS) is 14.3. The van der Waals surface area contributed by atoms with Gasteiger partial charge in [-0.15, -0.1) is 0 Å². The molecule has 24 heavy (non-hydrogen) atoms. The van der Waals surface area contributed by atoms with Gasteiger partial charge in [-0.2, -0.15) is 26.3 Å². The second kappa shape index (κ2) is 6.44. The predicted molar refractivity (Wildman–Crippen MR) is 70.9 cm³/mol. The van der Waals surface area contributed by atoms with Crippen LogP contribution in [0.5, 0.6) is 0 Å². The Hall–Kier alpha value is -1.48. The van der Waals surface area contributed by atoms with Gasteiger partial charge in [-0.3, -0.25) is 9.59 Å². The molecule has 0 radical (unpaired) electrons. The van der Waals surface area contributed by atoms with Crippen molar-refractivity contribution in [2.75, 3.05) is 0 Å². The van der Waals surface area contributed by atoms with E-state index in [-0.39, 0.29) is 6.42 Å². The van der Waals surface area contributed by atoms with E-state index >= 15 is 0 Å². The van der Waals surface area contributed by atoms with E-state index in [0.717, 1.165) is 0 Å². The number of carbonyl (C=O) groups excluding carboxylic acids is 2. The molecule has 0 aromatic heterocycles. The van der Waals surface area contributed by atoms with Gasteiger partial charge in [0, 0.05) is 6.92 Å². The number of alkyl halides is 6. The van der Waals surface area contributed by atoms with Gasteiger partial charge in [-0.1, -0.05) is 6.92 Å². The second-order valence-corrected chi connectivity index (χ2v) is 6.41. The summed E-state index contributed by atoms with van der Waals surface area (Å²) >= 11 is 0. The van der Waals surface area contributed by atoms with E-state index in [1.165, 1.54) is 20.8 Å². The van der Waals surface area contributed by atoms with E-state index in [0.29, 0.717) is 20.8 Å². The molecule has 0 aromatic carbocycles. The first-order chi connectivity index (χ1) is 10.4. The summed E-state index contributed by atoms with van der Waals surface area (Å²) in [5.41, 5.74) is -9.58. The van der Waals surface area contributed by atoms with Gasteiger partial charge in [0.25, 0.3) is 0 Å². The van der Waals surface area contributed by atoms with Gasteiger partial charge in [0.05, 0.1) is 5.41 Å². The lowest BCUT2D eigenvalue weighted by molar-refractivity contribution is -0.408. The molecule has 0 amide bonds. The zero-order valence-corrected chi connectivity index (χ0v) is 14.1. The number of rotatable bonds is 5. The van der Waals surface area contributed by atoms with Gasteiger partial charge in [0.1, 0.15) is 0 Å². The summed E-state index contributed by atoms with van der Waals surface area (Å²) in [7, 11) is 0. The smallest absolute Gasteiger partial charge is 0.441 e. The van der Waals surface area contributed by atoms with Crippen LogP contribution in [0.2, 0.25) is 0 Å². The van der Waals surface area contributed by atoms with Crippen molar-refractivity contribution in [1.82, 2.24) is 0 Å². The van der Waals surface area contributed by atoms with Gasteiger partial charge >= 0.3 is 29.9 Å². The lowest BCUT2D eigenvalue weighted by Gasteiger charge is -2.46. The van der Waals surface area contributed by atoms with Crippen LogP contribution in [0.1, 0.15) is 48.0 Å². The summed E-state index contributed by atoms with van der Waals surface area (Å²) in [5, 5.41) is 0. The maximum absolute atomic E-state index is 13.4. The maximum Gasteiger partial charge on any atom is 0.441 e. The first-order valence-electron chi connectivity index (χ1n) is 6.92. The largest absolute Gasteiger partial charge is 0.454 e. The molecular weight excluding hydrogens is 346 g/mol. The first kappa shape index (κ1) is 22.5. The Bertz CT molecular complexity index is 476. The van der Waals surface area contributed by atoms with Crippen LogP contribution in [0.15, 0.2) is 0 Å². The number of halogens is 6. The Morgan fingerprint density at radius 3 is 1.46 bits per heavy atom. The molecule has 0 saturated carbocycles. The van der Waals surface area contributed by atoms with Crippen LogP contribution in [0.25, 0.3) is 0 Å². The lowest BCUT2D eigenvalue weighted by atomic mass is 9.82. The van der Waals surface area contributed by atoms with E-state index < -0.39 is 40.9 Å². The van der Waals surface area contributed by atoms with Gasteiger partial charge < -0.3 is 9.47 Å². The molecule has 0 aromatic rings. The third-order valence-electron chi connectivity index (χ3n) is 3.73. The fourth-order valence-electron chi connectivity index (χ4n) is 1.88. The minimum absolute atomic E-state index is 0.112. The molecule has 4 nitrogen and oxygen atoms in total. The van der Waals surface area contributed by atoms with Crippen LogP contribution in [-0.2, 0) is 19.1 Å². The molecule has 0 atom stereocenters. The van der Waals surface area contributed by atoms with Crippen molar-refractivity contribution >= 4 is 11.9 Å². The Morgan fingerprint density at radius 1 is 0.833 bits per heavy atom. The molecule has 142 valence electrons. The predicted octanol–water partition coefficient (Wildman–Crippen LogP) is 4.17. The van der Waals surface area contributed by atoms with Crippen molar-refractivity contribution in [3.63, 3.8) is 0 Å². The quantitative estimate of drug-likeness (QED) is 0.541. The summed E-state index contributed by atoms with van der Waals surface area (Å²) in [6.07, 6.45) is -12.0. The Labute approximate surface area is 135 Å². The van der Waals surface area contributed by atoms with Gasteiger partial charge in [-0.05, 0) is 34.1 Å². The highest BCUT2D eigenvalue weighted by Crippen LogP contribution is 2.53. The Balaban J connectivity index is 6.32. The fourth-order valence-corrected chi connectivity index (χ4v) is 1.88. The highest BCUT2D eigenvalue weighted by atomic mass is 19.4. The molecule has 0 rings (SSSR count). The molecule has 0 aliphatic rings. The van der Waals surface area contributed by atoms with Crippen molar-refractivity contribution < 1.29 is 45.4 Å². The van der Waals surface area contributed by atoms with E-state index in [2.05, 4.69) is 9.47 Å². The summed E-state index contributed by atoms with van der Waals surface area (Å²) in [4.78, 5) is 23.0. The van der Waals surface area contributed by atoms with Gasteiger partial charge in [0.2, 0.25) is 0 Å². The summed E-state index contributed by atoms with van der Waals surface area (Å²) in [6, 6.07) is 0. The monoisotopic (exact) mass is 366 g/mol. The van der Waals surface area contributed by atoms with Crippen LogP contribution in [0, 0.1) is 5.41 Å². The minimum Gasteiger partial charge on any atom is -0.454 e. The molecule has 0 fully saturated rings. The molecular formula is C14H20F6O4. The van der Waals surface area contributed by atoms with E-state index in [9.17, 15) is 35.9 Å². The number of hydrogen-bond acceptors (Lipinski definition) is 4. The third-order valence-corrected chi connectivity index (χ3v) is 3.73. The van der Waals surface area contributed by atoms with Crippen LogP contribution < -0.4 is 0 Å². The molecule has 0 bridgehead atoms. The van der Waals surface area contributed by atoms with Gasteiger partial charge in [-0.25, -0.2) is 0 Å². The van der Waals surface area contributed by atoms with Crippen molar-refractivity contribution in [2.24, 2.45) is 5.41 Å². The number of ether oxygens (including phenoxy) is 2. The molecule has 0 unspecified atom stereocenters. The van der Waals surface area contributed by atoms with E-state index in [1.807, 2.05) is 0 Å². The van der Waals surface area contributed by atoms with Crippen molar-refractivity contribution in [2.45, 2.75) is 71.5 Å². The van der Waals surface area contributed by atoms with Crippen molar-refractivity contribution in [3.05, 3.63) is 0 Å². The summed E-state index contributed by atoms with van der Waals surface area (Å²) in [6.45, 7) is 5.34. The zero-order chi connectivity index (χ0) is 19.8. The molecule has 0 aliphatic heterocycles. The van der Waals surface area contributed by atoms with Crippen LogP contribution in [0.4, 0.5) is 26.3 Å². The number of hydrogen-bond donors (Lipinski definition) is 0. The number of carbonyl (C=O) groups is 2. The minimum atomic E-state index is -6.07. The summed E-state index contributed by atoms with van der Waals surface area (Å²) in [5.74, 6) is -3.09. The molecule has 0 aliphatic carbocycles. The maximum atomic E-state index is 13.4. The van der Waals surface area contributed by atoms with E-state index in [1.54, 1.807) is 0 Å². The van der Waals surface area contributed by atoms with E-state index in [4.69, 9.17) is 0 Å². The zero-order valence-electron chi connectivity index (χ0n) is 14.1. The highest BCUT2D eigenvalue weighted by molar-refractivity contribution is 5.76. The summed E-state index contributed by atoms with van der Waals surface area (Å²) < 4.78 is 88.5. The van der Waals surface area contributed by atoms with Crippen LogP contribution in [0.3, 0.4) is 0 Å². The van der Waals surface area contributed by atoms with Gasteiger partial charge in [0.15, 0.2) is 5.60 Å². The highest BCUT2D eigenvalue weighted by Gasteiger charge is 2.82. The number of esters is 2. The molecule has 0 spiro atoms. The van der Waals surface area contributed by atoms with Crippen molar-refractivity contribution in [1.29, 1.82) is 0 Å². The van der Waals surface area contributed by atoms with Crippen LogP contribution in [-0.4, -0.2) is 35.5 Å². The van der Waals surface area contributed by atoms with Crippen molar-refractivity contribution in [3.8, 4) is 0 Å². The lowest BCUT2D eigenvalue weighted by Crippen LogP contribution is -2.72. The molecule has 0 saturated heterocycles. The molecule has 0 N–H and O–H groups in total. The third kappa shape index (κ3) is 3.94. The molecule has 0 heterocycles. The average Bonchev–Trinajstić information content (AvgIpc) is 2.31. The SMILES string of the molecule is CCC(C)(C)C(=O)OC(C)(C)C(OC(C)=O)(C(F)(F)F)C(F)(F)F. The Morgan fingerprint density at radius 2 is 1.21 bits per heavy atom. The Kier molecular flexibility index (Phi) is 6.04.